The summed E-state index contributed by atoms with van der Waals surface area (Å²) < 4.78 is 12.5. The van der Waals surface area contributed by atoms with E-state index in [1.54, 1.807) is 4.90 Å². The molecule has 2 atom stereocenters. The summed E-state index contributed by atoms with van der Waals surface area (Å²) in [6.07, 6.45) is 4.70. The van der Waals surface area contributed by atoms with Gasteiger partial charge in [-0.25, -0.2) is 0 Å². The van der Waals surface area contributed by atoms with Crippen molar-refractivity contribution in [3.63, 3.8) is 0 Å². The smallest absolute Gasteiger partial charge is 0.318 e. The van der Waals surface area contributed by atoms with Crippen LogP contribution in [0.15, 0.2) is 55.1 Å². The normalized spacial score (nSPS) is 22.9. The number of anilines is 2. The molecule has 2 saturated heterocycles. The Kier molecular flexibility index (Phi) is 7.60. The monoisotopic (exact) mass is 593 g/mol. The molecule has 0 bridgehead atoms. The van der Waals surface area contributed by atoms with Gasteiger partial charge in [0.05, 0.1) is 37.4 Å². The molecule has 7 rings (SSSR count). The SMILES string of the molecule is C=CC(=O)N1CCN(c2nc(OC[C@@H]3CN(C)C4(CC4)CO3)nc3c2CCN(c2cccc4ccccc24)C3)C[C@@H]1CC#N. The van der Waals surface area contributed by atoms with E-state index in [9.17, 15) is 10.1 Å². The minimum absolute atomic E-state index is 0.0463. The average molecular weight is 594 g/mol. The number of hydrogen-bond acceptors (Lipinski definition) is 9. The lowest BCUT2D eigenvalue weighted by atomic mass is 10.0. The standard InChI is InChI=1S/C34H39N7O3/c1-3-31(42)41-18-17-40(19-25(41)11-15-35)32-28-12-16-39(30-10-6-8-24-7-4-5-9-27(24)30)21-29(28)36-33(37-32)43-22-26-20-38(2)34(13-14-34)23-44-26/h3-10,25-26H,1,11-14,16-23H2,2H3/t25-,26-/m0/s1. The van der Waals surface area contributed by atoms with Gasteiger partial charge in [-0.2, -0.15) is 15.2 Å². The van der Waals surface area contributed by atoms with Gasteiger partial charge in [-0.15, -0.1) is 0 Å². The molecular formula is C34H39N7O3. The van der Waals surface area contributed by atoms with E-state index >= 15 is 0 Å². The van der Waals surface area contributed by atoms with Gasteiger partial charge in [0, 0.05) is 54.9 Å². The first-order valence-electron chi connectivity index (χ1n) is 15.6. The Balaban J connectivity index is 1.18. The highest BCUT2D eigenvalue weighted by Gasteiger charge is 2.50. The largest absolute Gasteiger partial charge is 0.461 e. The third-order valence-corrected chi connectivity index (χ3v) is 9.80. The van der Waals surface area contributed by atoms with Gasteiger partial charge >= 0.3 is 6.01 Å². The number of carbonyl (C=O) groups excluding carboxylic acids is 1. The lowest BCUT2D eigenvalue weighted by Crippen LogP contribution is -2.55. The fraction of sp³-hybridized carbons (Fsp3) is 0.471. The van der Waals surface area contributed by atoms with Gasteiger partial charge in [0.1, 0.15) is 18.5 Å². The van der Waals surface area contributed by atoms with Crippen molar-refractivity contribution in [2.24, 2.45) is 0 Å². The maximum absolute atomic E-state index is 12.6. The fourth-order valence-corrected chi connectivity index (χ4v) is 7.01. The van der Waals surface area contributed by atoms with Crippen LogP contribution in [0.25, 0.3) is 10.8 Å². The number of nitrogens with zero attached hydrogens (tertiary/aromatic N) is 7. The van der Waals surface area contributed by atoms with Gasteiger partial charge in [0.2, 0.25) is 5.91 Å². The predicted octanol–water partition coefficient (Wildman–Crippen LogP) is 3.55. The van der Waals surface area contributed by atoms with Crippen LogP contribution >= 0.6 is 0 Å². The number of aromatic nitrogens is 2. The van der Waals surface area contributed by atoms with Crippen molar-refractivity contribution < 1.29 is 14.3 Å². The summed E-state index contributed by atoms with van der Waals surface area (Å²) in [5, 5.41) is 12.0. The number of ether oxygens (including phenoxy) is 2. The number of benzene rings is 2. The number of nitriles is 1. The summed E-state index contributed by atoms with van der Waals surface area (Å²) in [6, 6.07) is 17.3. The molecule has 10 nitrogen and oxygen atoms in total. The first kappa shape index (κ1) is 28.6. The summed E-state index contributed by atoms with van der Waals surface area (Å²) in [7, 11) is 2.17. The molecule has 10 heteroatoms. The minimum atomic E-state index is -0.245. The van der Waals surface area contributed by atoms with E-state index in [1.165, 1.54) is 35.4 Å². The molecule has 4 aliphatic rings. The Bertz CT molecular complexity index is 1610. The van der Waals surface area contributed by atoms with Gasteiger partial charge in [0.15, 0.2) is 0 Å². The lowest BCUT2D eigenvalue weighted by Gasteiger charge is -2.42. The van der Waals surface area contributed by atoms with Gasteiger partial charge in [-0.3, -0.25) is 9.69 Å². The highest BCUT2D eigenvalue weighted by molar-refractivity contribution is 5.94. The molecule has 228 valence electrons. The van der Waals surface area contributed by atoms with E-state index in [0.717, 1.165) is 43.2 Å². The van der Waals surface area contributed by atoms with Crippen molar-refractivity contribution in [2.75, 3.05) is 62.8 Å². The highest BCUT2D eigenvalue weighted by Crippen LogP contribution is 2.43. The Morgan fingerprint density at radius 1 is 1.14 bits per heavy atom. The molecule has 1 aromatic heterocycles. The van der Waals surface area contributed by atoms with Crippen LogP contribution in [0.2, 0.25) is 0 Å². The minimum Gasteiger partial charge on any atom is -0.461 e. The molecule has 0 N–H and O–H groups in total. The molecule has 2 aromatic carbocycles. The summed E-state index contributed by atoms with van der Waals surface area (Å²) in [4.78, 5) is 31.3. The quantitative estimate of drug-likeness (QED) is 0.381. The maximum atomic E-state index is 12.6. The summed E-state index contributed by atoms with van der Waals surface area (Å²) in [5.74, 6) is 0.699. The van der Waals surface area contributed by atoms with Crippen molar-refractivity contribution in [3.8, 4) is 12.1 Å². The number of rotatable bonds is 7. The molecular weight excluding hydrogens is 554 g/mol. The van der Waals surface area contributed by atoms with Crippen LogP contribution in [0.1, 0.15) is 30.5 Å². The first-order valence-corrected chi connectivity index (χ1v) is 15.6. The van der Waals surface area contributed by atoms with E-state index in [0.29, 0.717) is 38.8 Å². The van der Waals surface area contributed by atoms with Gasteiger partial charge in [0.25, 0.3) is 0 Å². The number of piperazine rings is 1. The van der Waals surface area contributed by atoms with Crippen LogP contribution in [0.5, 0.6) is 6.01 Å². The summed E-state index contributed by atoms with van der Waals surface area (Å²) >= 11 is 0. The number of fused-ring (bicyclic) bond motifs is 2. The summed E-state index contributed by atoms with van der Waals surface area (Å²) in [6.45, 7) is 8.69. The van der Waals surface area contributed by atoms with Crippen molar-refractivity contribution in [1.82, 2.24) is 19.8 Å². The van der Waals surface area contributed by atoms with Crippen LogP contribution in [0.4, 0.5) is 11.5 Å². The molecule has 1 saturated carbocycles. The molecule has 44 heavy (non-hydrogen) atoms. The maximum Gasteiger partial charge on any atom is 0.318 e. The molecule has 3 fully saturated rings. The number of hydrogen-bond donors (Lipinski definition) is 0. The molecule has 0 unspecified atom stereocenters. The molecule has 0 radical (unpaired) electrons. The van der Waals surface area contributed by atoms with Crippen LogP contribution in [-0.2, 0) is 22.5 Å². The van der Waals surface area contributed by atoms with Crippen molar-refractivity contribution in [2.45, 2.75) is 49.9 Å². The Morgan fingerprint density at radius 2 is 1.98 bits per heavy atom. The van der Waals surface area contributed by atoms with Crippen LogP contribution in [-0.4, -0.2) is 96.3 Å². The average Bonchev–Trinajstić information content (AvgIpc) is 3.85. The Hall–Kier alpha value is -4.20. The second kappa shape index (κ2) is 11.7. The second-order valence-electron chi connectivity index (χ2n) is 12.5. The van der Waals surface area contributed by atoms with Crippen molar-refractivity contribution in [1.29, 1.82) is 5.26 Å². The molecule has 1 spiro atoms. The van der Waals surface area contributed by atoms with E-state index in [2.05, 4.69) is 76.9 Å². The van der Waals surface area contributed by atoms with Gasteiger partial charge < -0.3 is 24.2 Å². The zero-order valence-corrected chi connectivity index (χ0v) is 25.3. The molecule has 4 heterocycles. The number of carbonyl (C=O) groups is 1. The third kappa shape index (κ3) is 5.35. The van der Waals surface area contributed by atoms with Crippen molar-refractivity contribution >= 4 is 28.2 Å². The molecule has 1 amide bonds. The first-order chi connectivity index (χ1) is 21.5. The predicted molar refractivity (Wildman–Crippen MR) is 169 cm³/mol. The second-order valence-corrected chi connectivity index (χ2v) is 12.5. The van der Waals surface area contributed by atoms with Crippen LogP contribution in [0, 0.1) is 11.3 Å². The van der Waals surface area contributed by atoms with E-state index < -0.39 is 0 Å². The zero-order valence-electron chi connectivity index (χ0n) is 25.3. The Labute approximate surface area is 258 Å². The molecule has 3 aromatic rings. The van der Waals surface area contributed by atoms with E-state index in [1.807, 2.05) is 0 Å². The number of amides is 1. The van der Waals surface area contributed by atoms with Gasteiger partial charge in [-0.1, -0.05) is 43.0 Å². The number of likely N-dealkylation sites (N-methyl/N-ethyl adjacent to an activating group) is 1. The van der Waals surface area contributed by atoms with Crippen molar-refractivity contribution in [3.05, 3.63) is 66.4 Å². The van der Waals surface area contributed by atoms with Crippen LogP contribution in [0.3, 0.4) is 0 Å². The fourth-order valence-electron chi connectivity index (χ4n) is 7.01. The van der Waals surface area contributed by atoms with Crippen LogP contribution < -0.4 is 14.5 Å². The molecule has 1 aliphatic carbocycles. The number of morpholine rings is 1. The lowest BCUT2D eigenvalue weighted by molar-refractivity contribution is -0.128. The Morgan fingerprint density at radius 3 is 2.77 bits per heavy atom. The van der Waals surface area contributed by atoms with Gasteiger partial charge in [-0.05, 0) is 43.8 Å². The molecule has 3 aliphatic heterocycles. The van der Waals surface area contributed by atoms with E-state index in [4.69, 9.17) is 19.4 Å². The topological polar surface area (TPSA) is 98.1 Å². The highest BCUT2D eigenvalue weighted by atomic mass is 16.5. The third-order valence-electron chi connectivity index (χ3n) is 9.80. The zero-order chi connectivity index (χ0) is 30.3. The summed E-state index contributed by atoms with van der Waals surface area (Å²) in [5.41, 5.74) is 3.47. The van der Waals surface area contributed by atoms with E-state index in [-0.39, 0.29) is 30.0 Å².